The van der Waals surface area contributed by atoms with Gasteiger partial charge in [0.05, 0.1) is 6.10 Å². The van der Waals surface area contributed by atoms with Crippen molar-refractivity contribution in [2.45, 2.75) is 85.3 Å². The van der Waals surface area contributed by atoms with E-state index < -0.39 is 0 Å². The molecule has 1 aliphatic carbocycles. The predicted molar refractivity (Wildman–Crippen MR) is 106 cm³/mol. The van der Waals surface area contributed by atoms with E-state index in [1.807, 2.05) is 11.0 Å². The van der Waals surface area contributed by atoms with Gasteiger partial charge in [0.1, 0.15) is 5.82 Å². The summed E-state index contributed by atoms with van der Waals surface area (Å²) in [5, 5.41) is 9.90. The van der Waals surface area contributed by atoms with Crippen molar-refractivity contribution in [1.29, 1.82) is 0 Å². The molecule has 1 saturated heterocycles. The zero-order valence-electron chi connectivity index (χ0n) is 14.5. The third-order valence-corrected chi connectivity index (χ3v) is 5.69. The van der Waals surface area contributed by atoms with Gasteiger partial charge in [-0.25, -0.2) is 4.39 Å². The van der Waals surface area contributed by atoms with Crippen molar-refractivity contribution in [3.05, 3.63) is 35.1 Å². The van der Waals surface area contributed by atoms with Crippen molar-refractivity contribution in [3.8, 4) is 0 Å². The van der Waals surface area contributed by atoms with E-state index in [-0.39, 0.29) is 44.6 Å². The number of aryl methyl sites for hydroxylation is 1. The van der Waals surface area contributed by atoms with Gasteiger partial charge >= 0.3 is 0 Å². The van der Waals surface area contributed by atoms with Gasteiger partial charge in [-0.15, -0.1) is 0 Å². The first-order valence-electron chi connectivity index (χ1n) is 9.29. The van der Waals surface area contributed by atoms with Gasteiger partial charge < -0.3 is 10.0 Å². The normalized spacial score (nSPS) is 26.5. The first kappa shape index (κ1) is 22.6. The molecule has 1 aromatic rings. The fourth-order valence-electron chi connectivity index (χ4n) is 4.19. The standard InChI is InChI=1S/C20H28FNO2.2CH4/c1-14-5-4-6-15(19(14)21)13-16-11-12-22(20(16)24)17-7-2-3-8-18(23)10-9-17;;/h4-6,16-18,23H,2-3,7-13H2,1H3;2*1H4. The number of carbonyl (C=O) groups is 1. The second-order valence-corrected chi connectivity index (χ2v) is 7.44. The largest absolute Gasteiger partial charge is 0.393 e. The summed E-state index contributed by atoms with van der Waals surface area (Å²) in [5.74, 6) is -0.0922. The minimum absolute atomic E-state index is 0. The zero-order valence-corrected chi connectivity index (χ0v) is 14.5. The molecule has 1 aliphatic heterocycles. The molecule has 3 unspecified atom stereocenters. The maximum Gasteiger partial charge on any atom is 0.226 e. The summed E-state index contributed by atoms with van der Waals surface area (Å²) < 4.78 is 14.2. The molecule has 0 radical (unpaired) electrons. The Morgan fingerprint density at radius 3 is 2.62 bits per heavy atom. The van der Waals surface area contributed by atoms with Crippen LogP contribution in [-0.4, -0.2) is 34.6 Å². The van der Waals surface area contributed by atoms with Crippen LogP contribution in [0.15, 0.2) is 18.2 Å². The fourth-order valence-corrected chi connectivity index (χ4v) is 4.19. The second-order valence-electron chi connectivity index (χ2n) is 7.44. The Morgan fingerprint density at radius 2 is 1.85 bits per heavy atom. The van der Waals surface area contributed by atoms with Crippen molar-refractivity contribution in [2.75, 3.05) is 6.54 Å². The lowest BCUT2D eigenvalue weighted by Crippen LogP contribution is -2.39. The molecular formula is C22H36FNO2. The van der Waals surface area contributed by atoms with Crippen LogP contribution in [-0.2, 0) is 11.2 Å². The van der Waals surface area contributed by atoms with Gasteiger partial charge in [-0.1, -0.05) is 45.9 Å². The minimum atomic E-state index is -0.220. The average molecular weight is 366 g/mol. The number of likely N-dealkylation sites (tertiary alicyclic amines) is 1. The number of rotatable bonds is 3. The molecule has 1 N–H and O–H groups in total. The highest BCUT2D eigenvalue weighted by atomic mass is 19.1. The molecule has 148 valence electrons. The van der Waals surface area contributed by atoms with Crippen LogP contribution in [0, 0.1) is 18.7 Å². The summed E-state index contributed by atoms with van der Waals surface area (Å²) in [6.45, 7) is 2.54. The van der Waals surface area contributed by atoms with Gasteiger partial charge in [-0.3, -0.25) is 4.79 Å². The number of hydrogen-bond donors (Lipinski definition) is 1. The Balaban J connectivity index is 0.00000169. The van der Waals surface area contributed by atoms with Crippen molar-refractivity contribution >= 4 is 5.91 Å². The average Bonchev–Trinajstić information content (AvgIpc) is 2.90. The summed E-state index contributed by atoms with van der Waals surface area (Å²) in [6.07, 6.45) is 6.79. The van der Waals surface area contributed by atoms with E-state index in [1.165, 1.54) is 0 Å². The van der Waals surface area contributed by atoms with Crippen LogP contribution in [0.1, 0.15) is 70.9 Å². The van der Waals surface area contributed by atoms with Gasteiger partial charge in [0.2, 0.25) is 5.91 Å². The molecular weight excluding hydrogens is 329 g/mol. The summed E-state index contributed by atoms with van der Waals surface area (Å²) in [6, 6.07) is 5.67. The molecule has 1 heterocycles. The number of aliphatic hydroxyl groups excluding tert-OH is 1. The Kier molecular flexibility index (Phi) is 8.75. The summed E-state index contributed by atoms with van der Waals surface area (Å²) >= 11 is 0. The number of halogens is 1. The second kappa shape index (κ2) is 10.1. The quantitative estimate of drug-likeness (QED) is 0.829. The molecule has 3 atom stereocenters. The van der Waals surface area contributed by atoms with Crippen LogP contribution in [0.3, 0.4) is 0 Å². The fraction of sp³-hybridized carbons (Fsp3) is 0.682. The van der Waals surface area contributed by atoms with Gasteiger partial charge in [0.25, 0.3) is 0 Å². The maximum atomic E-state index is 14.2. The molecule has 1 aromatic carbocycles. The summed E-state index contributed by atoms with van der Waals surface area (Å²) in [4.78, 5) is 14.8. The van der Waals surface area contributed by atoms with E-state index in [0.717, 1.165) is 51.5 Å². The van der Waals surface area contributed by atoms with Crippen molar-refractivity contribution in [3.63, 3.8) is 0 Å². The lowest BCUT2D eigenvalue weighted by molar-refractivity contribution is -0.133. The number of carbonyl (C=O) groups excluding carboxylic acids is 1. The topological polar surface area (TPSA) is 40.5 Å². The Bertz CT molecular complexity index is 590. The first-order chi connectivity index (χ1) is 11.6. The molecule has 3 nitrogen and oxygen atoms in total. The van der Waals surface area contributed by atoms with Crippen molar-refractivity contribution in [1.82, 2.24) is 4.90 Å². The van der Waals surface area contributed by atoms with Crippen LogP contribution in [0.2, 0.25) is 0 Å². The third kappa shape index (κ3) is 5.06. The van der Waals surface area contributed by atoms with Gasteiger partial charge in [-0.2, -0.15) is 0 Å². The van der Waals surface area contributed by atoms with E-state index in [0.29, 0.717) is 17.5 Å². The Morgan fingerprint density at radius 1 is 1.12 bits per heavy atom. The molecule has 4 heteroatoms. The first-order valence-corrected chi connectivity index (χ1v) is 9.29. The van der Waals surface area contributed by atoms with Gasteiger partial charge in [0, 0.05) is 18.5 Å². The maximum absolute atomic E-state index is 14.2. The minimum Gasteiger partial charge on any atom is -0.393 e. The molecule has 2 fully saturated rings. The molecule has 26 heavy (non-hydrogen) atoms. The van der Waals surface area contributed by atoms with E-state index in [2.05, 4.69) is 0 Å². The third-order valence-electron chi connectivity index (χ3n) is 5.69. The Labute approximate surface area is 158 Å². The SMILES string of the molecule is C.C.Cc1cccc(CC2CCN(C3CCCCC(O)CC3)C2=O)c1F. The summed E-state index contributed by atoms with van der Waals surface area (Å²) in [5.41, 5.74) is 1.30. The number of amides is 1. The molecule has 0 aromatic heterocycles. The van der Waals surface area contributed by atoms with Crippen LogP contribution < -0.4 is 0 Å². The highest BCUT2D eigenvalue weighted by Crippen LogP contribution is 2.30. The molecule has 1 saturated carbocycles. The monoisotopic (exact) mass is 365 g/mol. The van der Waals surface area contributed by atoms with E-state index in [1.54, 1.807) is 19.1 Å². The lowest BCUT2D eigenvalue weighted by Gasteiger charge is -2.31. The van der Waals surface area contributed by atoms with E-state index >= 15 is 0 Å². The van der Waals surface area contributed by atoms with E-state index in [9.17, 15) is 14.3 Å². The van der Waals surface area contributed by atoms with Crippen LogP contribution >= 0.6 is 0 Å². The smallest absolute Gasteiger partial charge is 0.226 e. The van der Waals surface area contributed by atoms with Crippen LogP contribution in [0.4, 0.5) is 4.39 Å². The van der Waals surface area contributed by atoms with Crippen molar-refractivity contribution < 1.29 is 14.3 Å². The van der Waals surface area contributed by atoms with Gasteiger partial charge in [0.15, 0.2) is 0 Å². The number of benzene rings is 1. The molecule has 0 spiro atoms. The lowest BCUT2D eigenvalue weighted by atomic mass is 9.93. The van der Waals surface area contributed by atoms with E-state index in [4.69, 9.17) is 0 Å². The Hall–Kier alpha value is -1.42. The predicted octanol–water partition coefficient (Wildman–Crippen LogP) is 4.88. The number of aliphatic hydroxyl groups is 1. The molecule has 2 aliphatic rings. The van der Waals surface area contributed by atoms with Crippen LogP contribution in [0.25, 0.3) is 0 Å². The molecule has 1 amide bonds. The highest BCUT2D eigenvalue weighted by Gasteiger charge is 2.36. The zero-order chi connectivity index (χ0) is 17.1. The summed E-state index contributed by atoms with van der Waals surface area (Å²) in [7, 11) is 0. The molecule has 0 bridgehead atoms. The van der Waals surface area contributed by atoms with Gasteiger partial charge in [-0.05, 0) is 56.6 Å². The number of hydrogen-bond acceptors (Lipinski definition) is 2. The van der Waals surface area contributed by atoms with Crippen LogP contribution in [0.5, 0.6) is 0 Å². The number of nitrogens with zero attached hydrogens (tertiary/aromatic N) is 1. The van der Waals surface area contributed by atoms with Crippen molar-refractivity contribution in [2.24, 2.45) is 5.92 Å². The highest BCUT2D eigenvalue weighted by molar-refractivity contribution is 5.81. The molecule has 3 rings (SSSR count).